The van der Waals surface area contributed by atoms with Gasteiger partial charge in [0.2, 0.25) is 0 Å². The van der Waals surface area contributed by atoms with E-state index in [1.54, 1.807) is 0 Å². The van der Waals surface area contributed by atoms with Crippen molar-refractivity contribution in [2.45, 2.75) is 24.7 Å². The maximum absolute atomic E-state index is 2.47. The summed E-state index contributed by atoms with van der Waals surface area (Å²) in [7, 11) is 0. The highest BCUT2D eigenvalue weighted by Crippen LogP contribution is 2.63. The molecule has 308 valence electrons. The smallest absolute Gasteiger partial charge is 0.0719 e. The first kappa shape index (κ1) is 38.7. The van der Waals surface area contributed by atoms with Crippen LogP contribution in [0.5, 0.6) is 0 Å². The molecule has 1 nitrogen and oxygen atoms in total. The molecule has 10 aromatic rings. The first-order valence-electron chi connectivity index (χ1n) is 22.8. The molecule has 0 amide bonds. The van der Waals surface area contributed by atoms with Crippen LogP contribution in [0.3, 0.4) is 0 Å². The largest absolute Gasteiger partial charge is 0.310 e. The van der Waals surface area contributed by atoms with Gasteiger partial charge >= 0.3 is 0 Å². The first-order chi connectivity index (χ1) is 32.0. The highest BCUT2D eigenvalue weighted by atomic mass is 15.1. The molecule has 0 saturated heterocycles. The van der Waals surface area contributed by atoms with E-state index in [0.29, 0.717) is 0 Å². The average molecular weight is 830 g/mol. The quantitative estimate of drug-likeness (QED) is 0.155. The standard InChI is InChI=1S/C64H47N/c1-63(2)58-36-16-17-37-59(58)64(56-34-14-12-31-53(56)54-32-13-15-35-57(54)64)60-38-20-33-52(62(60)63)49-28-19-30-51(42-49)65(50-29-18-27-47(41-50)44-21-6-3-7-22-44)61-40-39-48(45-23-8-4-9-24-45)43-55(61)46-25-10-5-11-26-46/h3-43H,1-2H3. The summed E-state index contributed by atoms with van der Waals surface area (Å²) in [5.74, 6) is 0. The Morgan fingerprint density at radius 3 is 1.32 bits per heavy atom. The van der Waals surface area contributed by atoms with Crippen molar-refractivity contribution in [1.82, 2.24) is 0 Å². The number of fused-ring (bicyclic) bond motifs is 9. The van der Waals surface area contributed by atoms with Gasteiger partial charge < -0.3 is 4.90 Å². The van der Waals surface area contributed by atoms with E-state index in [0.717, 1.165) is 22.6 Å². The minimum atomic E-state index is -0.461. The molecule has 0 heterocycles. The lowest BCUT2D eigenvalue weighted by molar-refractivity contribution is 0.565. The van der Waals surface area contributed by atoms with Crippen LogP contribution in [0.15, 0.2) is 249 Å². The predicted molar refractivity (Wildman–Crippen MR) is 272 cm³/mol. The van der Waals surface area contributed by atoms with Crippen molar-refractivity contribution in [2.75, 3.05) is 4.90 Å². The summed E-state index contributed by atoms with van der Waals surface area (Å²) in [6.45, 7) is 4.86. The van der Waals surface area contributed by atoms with Gasteiger partial charge in [0.15, 0.2) is 0 Å². The summed E-state index contributed by atoms with van der Waals surface area (Å²) in [5, 5.41) is 0. The molecule has 0 aliphatic heterocycles. The van der Waals surface area contributed by atoms with Crippen LogP contribution in [-0.2, 0) is 10.8 Å². The molecule has 65 heavy (non-hydrogen) atoms. The molecule has 0 fully saturated rings. The van der Waals surface area contributed by atoms with Gasteiger partial charge in [0.25, 0.3) is 0 Å². The molecule has 1 spiro atoms. The zero-order valence-electron chi connectivity index (χ0n) is 36.6. The number of hydrogen-bond donors (Lipinski definition) is 0. The van der Waals surface area contributed by atoms with Crippen LogP contribution < -0.4 is 4.90 Å². The molecular weight excluding hydrogens is 783 g/mol. The van der Waals surface area contributed by atoms with Crippen LogP contribution in [0.1, 0.15) is 47.2 Å². The fraction of sp³-hybridized carbons (Fsp3) is 0.0625. The van der Waals surface area contributed by atoms with Gasteiger partial charge in [-0.15, -0.1) is 0 Å². The van der Waals surface area contributed by atoms with Crippen LogP contribution in [0, 0.1) is 0 Å². The van der Waals surface area contributed by atoms with Gasteiger partial charge in [-0.3, -0.25) is 0 Å². The van der Waals surface area contributed by atoms with Crippen molar-refractivity contribution in [3.8, 4) is 55.6 Å². The van der Waals surface area contributed by atoms with Crippen molar-refractivity contribution in [3.05, 3.63) is 282 Å². The van der Waals surface area contributed by atoms with E-state index in [4.69, 9.17) is 0 Å². The molecule has 0 radical (unpaired) electrons. The number of anilines is 3. The van der Waals surface area contributed by atoms with Crippen LogP contribution in [0.25, 0.3) is 55.6 Å². The fourth-order valence-corrected chi connectivity index (χ4v) is 11.3. The molecule has 0 aromatic heterocycles. The average Bonchev–Trinajstić information content (AvgIpc) is 3.67. The molecule has 0 saturated carbocycles. The summed E-state index contributed by atoms with van der Waals surface area (Å²) in [6, 6.07) is 92.0. The van der Waals surface area contributed by atoms with Crippen LogP contribution in [-0.4, -0.2) is 0 Å². The summed E-state index contributed by atoms with van der Waals surface area (Å²) >= 11 is 0. The Kier molecular flexibility index (Phi) is 9.14. The van der Waals surface area contributed by atoms with Crippen LogP contribution in [0.4, 0.5) is 17.1 Å². The van der Waals surface area contributed by atoms with E-state index < -0.39 is 5.41 Å². The molecule has 12 rings (SSSR count). The lowest BCUT2D eigenvalue weighted by Gasteiger charge is -2.47. The lowest BCUT2D eigenvalue weighted by Crippen LogP contribution is -2.41. The Labute approximate surface area is 382 Å². The second-order valence-corrected chi connectivity index (χ2v) is 18.0. The van der Waals surface area contributed by atoms with Gasteiger partial charge in [0.05, 0.1) is 11.1 Å². The minimum absolute atomic E-state index is 0.298. The second-order valence-electron chi connectivity index (χ2n) is 18.0. The maximum Gasteiger partial charge on any atom is 0.0719 e. The zero-order valence-corrected chi connectivity index (χ0v) is 36.6. The third-order valence-corrected chi connectivity index (χ3v) is 14.1. The Hall–Kier alpha value is -8.00. The van der Waals surface area contributed by atoms with Gasteiger partial charge in [-0.25, -0.2) is 0 Å². The zero-order chi connectivity index (χ0) is 43.5. The van der Waals surface area contributed by atoms with E-state index in [9.17, 15) is 0 Å². The Morgan fingerprint density at radius 1 is 0.277 bits per heavy atom. The highest BCUT2D eigenvalue weighted by molar-refractivity contribution is 5.94. The van der Waals surface area contributed by atoms with Crippen LogP contribution in [0.2, 0.25) is 0 Å². The van der Waals surface area contributed by atoms with Crippen LogP contribution >= 0.6 is 0 Å². The van der Waals surface area contributed by atoms with Crippen molar-refractivity contribution in [1.29, 1.82) is 0 Å². The van der Waals surface area contributed by atoms with Gasteiger partial charge in [-0.05, 0) is 120 Å². The maximum atomic E-state index is 2.47. The van der Waals surface area contributed by atoms with Gasteiger partial charge in [-0.2, -0.15) is 0 Å². The summed E-state index contributed by atoms with van der Waals surface area (Å²) in [6.07, 6.45) is 0. The Balaban J connectivity index is 1.10. The number of rotatable bonds is 7. The van der Waals surface area contributed by atoms with E-state index in [1.807, 2.05) is 0 Å². The van der Waals surface area contributed by atoms with E-state index in [1.165, 1.54) is 83.5 Å². The number of benzene rings is 10. The molecule has 2 aliphatic carbocycles. The highest BCUT2D eigenvalue weighted by Gasteiger charge is 2.53. The second kappa shape index (κ2) is 15.4. The number of nitrogens with zero attached hydrogens (tertiary/aromatic N) is 1. The minimum Gasteiger partial charge on any atom is -0.310 e. The normalized spacial score (nSPS) is 13.6. The molecule has 0 unspecified atom stereocenters. The summed E-state index contributed by atoms with van der Waals surface area (Å²) < 4.78 is 0. The first-order valence-corrected chi connectivity index (χ1v) is 22.8. The molecule has 1 heteroatoms. The molecular formula is C64H47N. The van der Waals surface area contributed by atoms with Gasteiger partial charge in [0, 0.05) is 22.4 Å². The van der Waals surface area contributed by atoms with Gasteiger partial charge in [0.1, 0.15) is 0 Å². The Morgan fingerprint density at radius 2 is 0.708 bits per heavy atom. The van der Waals surface area contributed by atoms with Crippen molar-refractivity contribution < 1.29 is 0 Å². The molecule has 0 atom stereocenters. The monoisotopic (exact) mass is 829 g/mol. The third-order valence-electron chi connectivity index (χ3n) is 14.1. The molecule has 2 aliphatic rings. The van der Waals surface area contributed by atoms with Crippen molar-refractivity contribution >= 4 is 17.1 Å². The van der Waals surface area contributed by atoms with Crippen molar-refractivity contribution in [2.24, 2.45) is 0 Å². The third kappa shape index (κ3) is 6.07. The fourth-order valence-electron chi connectivity index (χ4n) is 11.3. The topological polar surface area (TPSA) is 3.24 Å². The number of hydrogen-bond acceptors (Lipinski definition) is 1. The van der Waals surface area contributed by atoms with E-state index >= 15 is 0 Å². The SMILES string of the molecule is CC1(C)c2ccccc2C2(c3ccccc3-c3ccccc32)c2cccc(-c3cccc(N(c4cccc(-c5ccccc5)c4)c4ccc(-c5ccccc5)cc4-c4ccccc4)c3)c21. The summed E-state index contributed by atoms with van der Waals surface area (Å²) in [5.41, 5.74) is 22.9. The van der Waals surface area contributed by atoms with E-state index in [-0.39, 0.29) is 5.41 Å². The van der Waals surface area contributed by atoms with Crippen molar-refractivity contribution in [3.63, 3.8) is 0 Å². The Bertz CT molecular complexity index is 3350. The van der Waals surface area contributed by atoms with Gasteiger partial charge in [-0.1, -0.05) is 226 Å². The molecule has 10 aromatic carbocycles. The predicted octanol–water partition coefficient (Wildman–Crippen LogP) is 16.8. The molecule has 0 N–H and O–H groups in total. The summed E-state index contributed by atoms with van der Waals surface area (Å²) in [4.78, 5) is 2.47. The lowest BCUT2D eigenvalue weighted by atomic mass is 9.54. The molecule has 0 bridgehead atoms. The van der Waals surface area contributed by atoms with E-state index in [2.05, 4.69) is 267 Å².